The molecule has 13 nitrogen and oxygen atoms in total. The number of piperidine rings is 1. The van der Waals surface area contributed by atoms with E-state index in [1.165, 1.54) is 0 Å². The van der Waals surface area contributed by atoms with Crippen LogP contribution >= 0.6 is 0 Å². The molecule has 4 aliphatic carbocycles. The van der Waals surface area contributed by atoms with Crippen LogP contribution in [0.3, 0.4) is 0 Å². The zero-order valence-electron chi connectivity index (χ0n) is 33.8. The van der Waals surface area contributed by atoms with Gasteiger partial charge in [-0.25, -0.2) is 0 Å². The summed E-state index contributed by atoms with van der Waals surface area (Å²) in [6.45, 7) is 9.87. The van der Waals surface area contributed by atoms with Crippen molar-refractivity contribution in [3.8, 4) is 11.8 Å². The third kappa shape index (κ3) is 6.19. The van der Waals surface area contributed by atoms with Crippen molar-refractivity contribution in [1.29, 1.82) is 0 Å². The van der Waals surface area contributed by atoms with Crippen molar-refractivity contribution in [3.63, 3.8) is 0 Å². The van der Waals surface area contributed by atoms with E-state index in [1.807, 2.05) is 6.92 Å². The Balaban J connectivity index is 1.19. The predicted octanol–water partition coefficient (Wildman–Crippen LogP) is 1.03. The van der Waals surface area contributed by atoms with E-state index < -0.39 is 76.0 Å². The number of fused-ring (bicyclic) bond motifs is 4. The second-order valence-electron chi connectivity index (χ2n) is 19.4. The molecule has 56 heavy (non-hydrogen) atoms. The second kappa shape index (κ2) is 14.6. The molecule has 0 aromatic heterocycles. The smallest absolute Gasteiger partial charge is 0.240 e. The van der Waals surface area contributed by atoms with Crippen LogP contribution < -0.4 is 10.6 Å². The average molecular weight is 784 g/mol. The van der Waals surface area contributed by atoms with Gasteiger partial charge >= 0.3 is 0 Å². The molecular formula is C43H65N3O10. The number of carbonyl (C=O) groups excluding carboxylic acids is 2. The van der Waals surface area contributed by atoms with E-state index in [-0.39, 0.29) is 35.7 Å². The van der Waals surface area contributed by atoms with Crippen LogP contribution in [-0.2, 0) is 23.8 Å². The molecule has 17 atom stereocenters. The Kier molecular flexibility index (Phi) is 10.7. The van der Waals surface area contributed by atoms with E-state index in [0.717, 1.165) is 12.8 Å². The van der Waals surface area contributed by atoms with Crippen LogP contribution in [0, 0.1) is 51.8 Å². The van der Waals surface area contributed by atoms with E-state index in [9.17, 15) is 35.1 Å². The van der Waals surface area contributed by atoms with Crippen molar-refractivity contribution in [2.45, 2.75) is 152 Å². The monoisotopic (exact) mass is 783 g/mol. The SMILES string of the molecule is COCCCOC1CCC2(C)C(C1)C(=O)C=C1C3(O)CCC4C(C)(O)C(O)C5OC6C(O)NC(CC6C5CNCC(C)O)C(=O)N5CC5CC#CC12CCC43C. The molecule has 3 saturated carbocycles. The van der Waals surface area contributed by atoms with E-state index in [4.69, 9.17) is 14.2 Å². The Morgan fingerprint density at radius 1 is 1.05 bits per heavy atom. The summed E-state index contributed by atoms with van der Waals surface area (Å²) in [6, 6.07) is -0.744. The van der Waals surface area contributed by atoms with Crippen LogP contribution in [0.2, 0.25) is 0 Å². The number of allylic oxidation sites excluding steroid dienone is 1. The normalized spacial score (nSPS) is 49.9. The topological polar surface area (TPSA) is 190 Å². The summed E-state index contributed by atoms with van der Waals surface area (Å²) in [5.41, 5.74) is -4.89. The lowest BCUT2D eigenvalue weighted by molar-refractivity contribution is -0.205. The number of ether oxygens (including phenoxy) is 3. The molecule has 5 heterocycles. The number of hydrogen-bond acceptors (Lipinski definition) is 12. The van der Waals surface area contributed by atoms with Crippen LogP contribution in [0.15, 0.2) is 11.6 Å². The molecule has 1 spiro atoms. The van der Waals surface area contributed by atoms with Crippen LogP contribution in [-0.4, -0.2) is 142 Å². The largest absolute Gasteiger partial charge is 0.392 e. The highest BCUT2D eigenvalue weighted by molar-refractivity contribution is 5.95. The molecular weight excluding hydrogens is 718 g/mol. The van der Waals surface area contributed by atoms with Gasteiger partial charge in [-0.2, -0.15) is 0 Å². The lowest BCUT2D eigenvalue weighted by atomic mass is 9.39. The first-order valence-corrected chi connectivity index (χ1v) is 21.3. The number of aliphatic hydroxyl groups is 5. The van der Waals surface area contributed by atoms with E-state index >= 15 is 0 Å². The molecule has 1 amide bonds. The number of hydrogen-bond donors (Lipinski definition) is 7. The van der Waals surface area contributed by atoms with Gasteiger partial charge in [-0.3, -0.25) is 14.9 Å². The summed E-state index contributed by atoms with van der Waals surface area (Å²) in [4.78, 5) is 30.3. The summed E-state index contributed by atoms with van der Waals surface area (Å²) in [5, 5.41) is 66.3. The minimum Gasteiger partial charge on any atom is -0.392 e. The molecule has 17 unspecified atom stereocenters. The first-order chi connectivity index (χ1) is 26.5. The zero-order valence-corrected chi connectivity index (χ0v) is 33.8. The van der Waals surface area contributed by atoms with Crippen molar-refractivity contribution in [2.75, 3.05) is 40.0 Å². The highest BCUT2D eigenvalue weighted by Gasteiger charge is 2.74. The second-order valence-corrected chi connectivity index (χ2v) is 19.4. The molecule has 7 bridgehead atoms. The molecule has 312 valence electrons. The summed E-state index contributed by atoms with van der Waals surface area (Å²) < 4.78 is 18.0. The van der Waals surface area contributed by atoms with Gasteiger partial charge < -0.3 is 50.0 Å². The van der Waals surface area contributed by atoms with Gasteiger partial charge in [0.25, 0.3) is 0 Å². The molecule has 5 aliphatic heterocycles. The van der Waals surface area contributed by atoms with Gasteiger partial charge in [0, 0.05) is 63.6 Å². The molecule has 9 rings (SSSR count). The van der Waals surface area contributed by atoms with Gasteiger partial charge in [0.2, 0.25) is 5.91 Å². The summed E-state index contributed by atoms with van der Waals surface area (Å²) in [5.74, 6) is 5.50. The van der Waals surface area contributed by atoms with Crippen molar-refractivity contribution in [3.05, 3.63) is 11.6 Å². The Labute approximate surface area is 331 Å². The molecule has 13 heteroatoms. The maximum atomic E-state index is 14.4. The predicted molar refractivity (Wildman–Crippen MR) is 204 cm³/mol. The van der Waals surface area contributed by atoms with Crippen LogP contribution in [0.4, 0.5) is 0 Å². The minimum atomic E-state index is -1.75. The van der Waals surface area contributed by atoms with Crippen molar-refractivity contribution in [2.24, 2.45) is 39.9 Å². The van der Waals surface area contributed by atoms with Gasteiger partial charge in [-0.1, -0.05) is 19.8 Å². The molecule has 7 N–H and O–H groups in total. The Hall–Kier alpha value is -1.96. The van der Waals surface area contributed by atoms with Crippen molar-refractivity contribution in [1.82, 2.24) is 15.5 Å². The van der Waals surface area contributed by atoms with Gasteiger partial charge in [-0.15, -0.1) is 5.92 Å². The number of carbonyl (C=O) groups is 2. The third-order valence-corrected chi connectivity index (χ3v) is 16.4. The molecule has 0 aromatic carbocycles. The van der Waals surface area contributed by atoms with Crippen LogP contribution in [0.25, 0.3) is 0 Å². The van der Waals surface area contributed by atoms with Gasteiger partial charge in [0.05, 0.1) is 47.0 Å². The minimum absolute atomic E-state index is 0.0152. The third-order valence-electron chi connectivity index (χ3n) is 16.4. The van der Waals surface area contributed by atoms with Crippen LogP contribution in [0.1, 0.15) is 91.9 Å². The van der Waals surface area contributed by atoms with E-state index in [2.05, 4.69) is 29.4 Å². The Morgan fingerprint density at radius 3 is 2.59 bits per heavy atom. The number of amides is 1. The number of nitrogens with zero attached hydrogens (tertiary/aromatic N) is 1. The van der Waals surface area contributed by atoms with E-state index in [1.54, 1.807) is 31.9 Å². The van der Waals surface area contributed by atoms with Crippen molar-refractivity contribution >= 4 is 11.7 Å². The summed E-state index contributed by atoms with van der Waals surface area (Å²) in [6.07, 6.45) is 2.28. The standard InChI is InChI=1S/C43H65N3O10/c1-24(47)21-44-22-28-27-19-30-38(51)46-23-25(46)8-6-11-42-15-14-40(3)32(41(4,52)36(49)34(28)56-35(27)37(50)45-30)10-13-43(40,53)33(42)20-31(48)29-18-26(9-12-39(29,42)2)55-17-7-16-54-5/h20,24-30,32,34-37,44-45,47,49-50,52-53H,7-10,12-19,21-23H2,1-5H3. The van der Waals surface area contributed by atoms with Gasteiger partial charge in [0.15, 0.2) is 5.78 Å². The maximum absolute atomic E-state index is 14.4. The van der Waals surface area contributed by atoms with Gasteiger partial charge in [0.1, 0.15) is 18.4 Å². The quantitative estimate of drug-likeness (QED) is 0.100. The Morgan fingerprint density at radius 2 is 1.84 bits per heavy atom. The zero-order chi connectivity index (χ0) is 40.0. The van der Waals surface area contributed by atoms with Crippen molar-refractivity contribution < 1.29 is 49.3 Å². The Bertz CT molecular complexity index is 1640. The highest BCUT2D eigenvalue weighted by atomic mass is 16.5. The molecule has 9 aliphatic rings. The first-order valence-electron chi connectivity index (χ1n) is 21.3. The summed E-state index contributed by atoms with van der Waals surface area (Å²) >= 11 is 0. The first kappa shape index (κ1) is 40.8. The average Bonchev–Trinajstić information content (AvgIpc) is 3.74. The van der Waals surface area contributed by atoms with Crippen LogP contribution in [0.5, 0.6) is 0 Å². The molecule has 6 fully saturated rings. The number of rotatable bonds is 9. The fourth-order valence-electron chi connectivity index (χ4n) is 13.1. The molecule has 0 radical (unpaired) electrons. The lowest BCUT2D eigenvalue weighted by Gasteiger charge is -2.64. The highest BCUT2D eigenvalue weighted by Crippen LogP contribution is 2.73. The lowest BCUT2D eigenvalue weighted by Crippen LogP contribution is -2.66. The fraction of sp³-hybridized carbons (Fsp3) is 0.860. The molecule has 3 saturated heterocycles. The number of aliphatic hydroxyl groups excluding tert-OH is 3. The molecule has 0 aromatic rings. The fourth-order valence-corrected chi connectivity index (χ4v) is 13.1. The number of ketones is 1. The van der Waals surface area contributed by atoms with Gasteiger partial charge in [-0.05, 0) is 101 Å². The number of nitrogens with one attached hydrogen (secondary N) is 2. The number of methoxy groups -OCH3 is 1. The maximum Gasteiger partial charge on any atom is 0.240 e. The van der Waals surface area contributed by atoms with E-state index in [0.29, 0.717) is 89.8 Å². The summed E-state index contributed by atoms with van der Waals surface area (Å²) in [7, 11) is 1.67.